The first-order valence-electron chi connectivity index (χ1n) is 8.60. The summed E-state index contributed by atoms with van der Waals surface area (Å²) in [6.07, 6.45) is 1.22. The van der Waals surface area contributed by atoms with Crippen molar-refractivity contribution < 1.29 is 13.9 Å². The van der Waals surface area contributed by atoms with Crippen molar-refractivity contribution >= 4 is 8.32 Å². The van der Waals surface area contributed by atoms with E-state index in [4.69, 9.17) is 13.9 Å². The average molecular weight is 320 g/mol. The van der Waals surface area contributed by atoms with E-state index in [1.807, 2.05) is 21.0 Å². The van der Waals surface area contributed by atoms with E-state index in [9.17, 15) is 0 Å². The molecule has 0 unspecified atom stereocenters. The van der Waals surface area contributed by atoms with E-state index < -0.39 is 8.32 Å². The summed E-state index contributed by atoms with van der Waals surface area (Å²) in [5, 5.41) is 0. The molecule has 0 bridgehead atoms. The van der Waals surface area contributed by atoms with Gasteiger partial charge < -0.3 is 13.9 Å². The first-order valence-corrected chi connectivity index (χ1v) is 11.1. The Labute approximate surface area is 133 Å². The number of rotatable bonds is 15. The Bertz CT molecular complexity index is 207. The second kappa shape index (κ2) is 13.7. The Morgan fingerprint density at radius 3 is 1.71 bits per heavy atom. The van der Waals surface area contributed by atoms with Crippen LogP contribution in [-0.4, -0.2) is 66.4 Å². The summed E-state index contributed by atoms with van der Waals surface area (Å²) < 4.78 is 16.9. The molecule has 0 atom stereocenters. The third-order valence-electron chi connectivity index (χ3n) is 4.34. The maximum Gasteiger partial charge on any atom is 0.191 e. The van der Waals surface area contributed by atoms with Crippen molar-refractivity contribution in [2.75, 3.05) is 53.2 Å². The third-order valence-corrected chi connectivity index (χ3v) is 9.05. The Morgan fingerprint density at radius 2 is 1.33 bits per heavy atom. The number of hydrogen-bond donors (Lipinski definition) is 0. The predicted octanol–water partition coefficient (Wildman–Crippen LogP) is 3.38. The Morgan fingerprint density at radius 1 is 0.810 bits per heavy atom. The highest BCUT2D eigenvalue weighted by Gasteiger charge is 2.28. The van der Waals surface area contributed by atoms with E-state index in [1.165, 1.54) is 24.6 Å². The van der Waals surface area contributed by atoms with Crippen molar-refractivity contribution in [2.45, 2.75) is 52.2 Å². The summed E-state index contributed by atoms with van der Waals surface area (Å²) in [6.45, 7) is 15.0. The van der Waals surface area contributed by atoms with Crippen molar-refractivity contribution in [3.8, 4) is 0 Å². The van der Waals surface area contributed by atoms with Crippen molar-refractivity contribution in [1.82, 2.24) is 4.90 Å². The van der Waals surface area contributed by atoms with Gasteiger partial charge in [-0.1, -0.05) is 13.8 Å². The van der Waals surface area contributed by atoms with Crippen LogP contribution in [0.4, 0.5) is 0 Å². The fourth-order valence-electron chi connectivity index (χ4n) is 2.63. The lowest BCUT2D eigenvalue weighted by atomic mass is 10.4. The van der Waals surface area contributed by atoms with Gasteiger partial charge in [0.15, 0.2) is 8.32 Å². The first kappa shape index (κ1) is 21.1. The molecular weight excluding hydrogens is 282 g/mol. The lowest BCUT2D eigenvalue weighted by Gasteiger charge is -2.29. The zero-order valence-electron chi connectivity index (χ0n) is 15.0. The summed E-state index contributed by atoms with van der Waals surface area (Å²) in [6, 6.07) is 3.70. The second-order valence-corrected chi connectivity index (χ2v) is 10.1. The molecule has 0 N–H and O–H groups in total. The minimum Gasteiger partial charge on any atom is -0.420 e. The molecule has 0 aromatic rings. The van der Waals surface area contributed by atoms with E-state index in [2.05, 4.69) is 18.7 Å². The van der Waals surface area contributed by atoms with Crippen LogP contribution in [0.5, 0.6) is 0 Å². The van der Waals surface area contributed by atoms with Crippen LogP contribution in [0.25, 0.3) is 0 Å². The van der Waals surface area contributed by atoms with Gasteiger partial charge in [-0.25, -0.2) is 0 Å². The van der Waals surface area contributed by atoms with Crippen LogP contribution < -0.4 is 0 Å². The molecule has 5 heteroatoms. The zero-order chi connectivity index (χ0) is 16.0. The first-order chi connectivity index (χ1) is 10.2. The lowest BCUT2D eigenvalue weighted by Crippen LogP contribution is -2.37. The minimum atomic E-state index is -1.45. The molecule has 0 amide bonds. The normalized spacial score (nSPS) is 12.3. The molecule has 0 spiro atoms. The Kier molecular flexibility index (Phi) is 13.7. The molecule has 0 aliphatic rings. The van der Waals surface area contributed by atoms with Gasteiger partial charge in [0, 0.05) is 33.4 Å². The molecule has 0 saturated carbocycles. The fourth-order valence-corrected chi connectivity index (χ4v) is 5.42. The quantitative estimate of drug-likeness (QED) is 0.342. The third kappa shape index (κ3) is 9.63. The van der Waals surface area contributed by atoms with Gasteiger partial charge in [-0.3, -0.25) is 4.90 Å². The van der Waals surface area contributed by atoms with Crippen LogP contribution in [0.3, 0.4) is 0 Å². The van der Waals surface area contributed by atoms with Crippen LogP contribution in [-0.2, 0) is 13.9 Å². The topological polar surface area (TPSA) is 30.9 Å². The predicted molar refractivity (Wildman–Crippen MR) is 92.6 cm³/mol. The largest absolute Gasteiger partial charge is 0.420 e. The Balaban J connectivity index is 4.12. The zero-order valence-corrected chi connectivity index (χ0v) is 16.0. The van der Waals surface area contributed by atoms with Crippen LogP contribution in [0.1, 0.15) is 34.1 Å². The molecule has 0 radical (unpaired) electrons. The smallest absolute Gasteiger partial charge is 0.191 e. The summed E-state index contributed by atoms with van der Waals surface area (Å²) in [5.74, 6) is 0. The average Bonchev–Trinajstić information content (AvgIpc) is 2.52. The van der Waals surface area contributed by atoms with Gasteiger partial charge in [0.1, 0.15) is 0 Å². The van der Waals surface area contributed by atoms with Crippen LogP contribution in [0.2, 0.25) is 18.1 Å². The van der Waals surface area contributed by atoms with Gasteiger partial charge >= 0.3 is 0 Å². The maximum absolute atomic E-state index is 5.89. The molecule has 128 valence electrons. The highest BCUT2D eigenvalue weighted by molar-refractivity contribution is 6.73. The summed E-state index contributed by atoms with van der Waals surface area (Å²) >= 11 is 0. The van der Waals surface area contributed by atoms with E-state index in [1.54, 1.807) is 0 Å². The van der Waals surface area contributed by atoms with Gasteiger partial charge in [0.2, 0.25) is 0 Å². The van der Waals surface area contributed by atoms with E-state index in [-0.39, 0.29) is 0 Å². The van der Waals surface area contributed by atoms with Gasteiger partial charge in [0.25, 0.3) is 0 Å². The highest BCUT2D eigenvalue weighted by Crippen LogP contribution is 2.22. The monoisotopic (exact) mass is 319 g/mol. The molecule has 0 aliphatic carbocycles. The molecule has 21 heavy (non-hydrogen) atoms. The standard InChI is InChI=1S/C16H37NO3Si/c1-6-19-14-12-17(13-15-20-7-2)11-10-16-21(8-3,9-4)18-5/h6-16H2,1-5H3. The molecule has 4 nitrogen and oxygen atoms in total. The van der Waals surface area contributed by atoms with Crippen LogP contribution >= 0.6 is 0 Å². The van der Waals surface area contributed by atoms with Crippen molar-refractivity contribution in [2.24, 2.45) is 0 Å². The number of hydrogen-bond acceptors (Lipinski definition) is 4. The van der Waals surface area contributed by atoms with Crippen molar-refractivity contribution in [1.29, 1.82) is 0 Å². The summed E-state index contributed by atoms with van der Waals surface area (Å²) in [7, 11) is 0.454. The van der Waals surface area contributed by atoms with Gasteiger partial charge in [0.05, 0.1) is 13.2 Å². The van der Waals surface area contributed by atoms with Crippen molar-refractivity contribution in [3.63, 3.8) is 0 Å². The summed E-state index contributed by atoms with van der Waals surface area (Å²) in [5.41, 5.74) is 0. The molecule has 0 aromatic carbocycles. The highest BCUT2D eigenvalue weighted by atomic mass is 28.4. The Hall–Kier alpha value is 0.0569. The van der Waals surface area contributed by atoms with E-state index >= 15 is 0 Å². The van der Waals surface area contributed by atoms with Gasteiger partial charge in [-0.15, -0.1) is 0 Å². The molecule has 0 aromatic heterocycles. The lowest BCUT2D eigenvalue weighted by molar-refractivity contribution is 0.0827. The minimum absolute atomic E-state index is 0.796. The molecule has 0 aliphatic heterocycles. The molecular formula is C16H37NO3Si. The summed E-state index contributed by atoms with van der Waals surface area (Å²) in [4.78, 5) is 2.46. The number of nitrogens with zero attached hydrogens (tertiary/aromatic N) is 1. The van der Waals surface area contributed by atoms with Crippen LogP contribution in [0.15, 0.2) is 0 Å². The number of ether oxygens (including phenoxy) is 2. The molecule has 0 heterocycles. The molecule has 0 saturated heterocycles. The van der Waals surface area contributed by atoms with Crippen molar-refractivity contribution in [3.05, 3.63) is 0 Å². The molecule has 0 rings (SSSR count). The second-order valence-electron chi connectivity index (χ2n) is 5.43. The SMILES string of the molecule is CCOCCN(CCC[Si](CC)(CC)OC)CCOCC. The molecule has 0 fully saturated rings. The fraction of sp³-hybridized carbons (Fsp3) is 1.00. The van der Waals surface area contributed by atoms with E-state index in [0.29, 0.717) is 0 Å². The van der Waals surface area contributed by atoms with Crippen LogP contribution in [0, 0.1) is 0 Å². The van der Waals surface area contributed by atoms with Gasteiger partial charge in [-0.05, 0) is 44.9 Å². The van der Waals surface area contributed by atoms with Gasteiger partial charge in [-0.2, -0.15) is 0 Å². The van der Waals surface area contributed by atoms with E-state index in [0.717, 1.165) is 46.1 Å². The maximum atomic E-state index is 5.89.